The maximum atomic E-state index is 10.8. The number of aromatic nitrogens is 1. The number of rotatable bonds is 3. The van der Waals surface area contributed by atoms with E-state index in [4.69, 9.17) is 15.1 Å². The van der Waals surface area contributed by atoms with Crippen LogP contribution in [0.3, 0.4) is 0 Å². The van der Waals surface area contributed by atoms with Crippen LogP contribution < -0.4 is 4.74 Å². The van der Waals surface area contributed by atoms with Gasteiger partial charge in [0.25, 0.3) is 0 Å². The number of hydrogen-bond donors (Lipinski definition) is 1. The first-order chi connectivity index (χ1) is 9.10. The molecule has 0 fully saturated rings. The van der Waals surface area contributed by atoms with Crippen LogP contribution in [0.1, 0.15) is 21.5 Å². The zero-order valence-corrected chi connectivity index (χ0v) is 10.1. The van der Waals surface area contributed by atoms with E-state index in [1.807, 2.05) is 13.0 Å². The smallest absolute Gasteiger partial charge is 0.337 e. The fourth-order valence-corrected chi connectivity index (χ4v) is 1.52. The van der Waals surface area contributed by atoms with Crippen molar-refractivity contribution in [1.29, 1.82) is 5.26 Å². The third kappa shape index (κ3) is 2.87. The quantitative estimate of drug-likeness (QED) is 0.910. The van der Waals surface area contributed by atoms with Crippen LogP contribution in [0.25, 0.3) is 0 Å². The lowest BCUT2D eigenvalue weighted by atomic mass is 10.1. The molecule has 0 amide bonds. The summed E-state index contributed by atoms with van der Waals surface area (Å²) in [7, 11) is 0. The topological polar surface area (TPSA) is 83.2 Å². The molecule has 1 heterocycles. The predicted molar refractivity (Wildman–Crippen MR) is 67.2 cm³/mol. The predicted octanol–water partition coefficient (Wildman–Crippen LogP) is 2.75. The minimum absolute atomic E-state index is 0.0312. The SMILES string of the molecule is Cc1ccc(C#N)c(Oc2cncc(C(=O)O)c2)c1. The van der Waals surface area contributed by atoms with Crippen LogP contribution in [0.15, 0.2) is 36.7 Å². The van der Waals surface area contributed by atoms with Crippen molar-refractivity contribution >= 4 is 5.97 Å². The van der Waals surface area contributed by atoms with Crippen molar-refractivity contribution in [3.63, 3.8) is 0 Å². The molecule has 0 spiro atoms. The van der Waals surface area contributed by atoms with Gasteiger partial charge in [-0.3, -0.25) is 4.98 Å². The van der Waals surface area contributed by atoms with Crippen LogP contribution in [0.5, 0.6) is 11.5 Å². The molecule has 1 N–H and O–H groups in total. The summed E-state index contributed by atoms with van der Waals surface area (Å²) in [6.45, 7) is 1.87. The summed E-state index contributed by atoms with van der Waals surface area (Å²) in [4.78, 5) is 14.6. The van der Waals surface area contributed by atoms with Gasteiger partial charge in [0.2, 0.25) is 0 Å². The molecule has 2 aromatic rings. The van der Waals surface area contributed by atoms with E-state index in [9.17, 15) is 4.79 Å². The summed E-state index contributed by atoms with van der Waals surface area (Å²) in [5, 5.41) is 17.9. The number of benzene rings is 1. The highest BCUT2D eigenvalue weighted by atomic mass is 16.5. The van der Waals surface area contributed by atoms with Crippen LogP contribution in [-0.2, 0) is 0 Å². The molecule has 0 radical (unpaired) electrons. The molecule has 0 saturated carbocycles. The van der Waals surface area contributed by atoms with Gasteiger partial charge in [-0.15, -0.1) is 0 Å². The highest BCUT2D eigenvalue weighted by molar-refractivity contribution is 5.87. The summed E-state index contributed by atoms with van der Waals surface area (Å²) < 4.78 is 5.52. The Kier molecular flexibility index (Phi) is 3.44. The second kappa shape index (κ2) is 5.19. The van der Waals surface area contributed by atoms with Gasteiger partial charge in [0.1, 0.15) is 17.6 Å². The lowest BCUT2D eigenvalue weighted by Gasteiger charge is -2.08. The highest BCUT2D eigenvalue weighted by Crippen LogP contribution is 2.26. The second-order valence-electron chi connectivity index (χ2n) is 3.93. The molecule has 5 heteroatoms. The molecule has 2 rings (SSSR count). The zero-order valence-electron chi connectivity index (χ0n) is 10.1. The number of carbonyl (C=O) groups is 1. The summed E-state index contributed by atoms with van der Waals surface area (Å²) in [6, 6.07) is 8.55. The molecule has 94 valence electrons. The Balaban J connectivity index is 2.36. The van der Waals surface area contributed by atoms with E-state index in [2.05, 4.69) is 4.98 Å². The van der Waals surface area contributed by atoms with Crippen molar-refractivity contribution in [1.82, 2.24) is 4.98 Å². The average molecular weight is 254 g/mol. The molecule has 0 unspecified atom stereocenters. The normalized spacial score (nSPS) is 9.68. The molecule has 0 atom stereocenters. The molecule has 19 heavy (non-hydrogen) atoms. The molecule has 0 aliphatic heterocycles. The van der Waals surface area contributed by atoms with E-state index < -0.39 is 5.97 Å². The Labute approximate surface area is 109 Å². The van der Waals surface area contributed by atoms with E-state index in [-0.39, 0.29) is 11.3 Å². The minimum Gasteiger partial charge on any atom is -0.478 e. The van der Waals surface area contributed by atoms with Gasteiger partial charge in [0, 0.05) is 6.20 Å². The van der Waals surface area contributed by atoms with E-state index >= 15 is 0 Å². The molecular weight excluding hydrogens is 244 g/mol. The van der Waals surface area contributed by atoms with E-state index in [1.54, 1.807) is 18.2 Å². The molecule has 0 aliphatic rings. The third-order valence-electron chi connectivity index (χ3n) is 2.45. The number of carboxylic acid groups (broad SMARTS) is 1. The molecular formula is C14H10N2O3. The molecule has 1 aromatic heterocycles. The van der Waals surface area contributed by atoms with Gasteiger partial charge < -0.3 is 9.84 Å². The first kappa shape index (κ1) is 12.6. The van der Waals surface area contributed by atoms with E-state index in [0.29, 0.717) is 11.3 Å². The van der Waals surface area contributed by atoms with Crippen LogP contribution in [0, 0.1) is 18.3 Å². The van der Waals surface area contributed by atoms with Crippen molar-refractivity contribution < 1.29 is 14.6 Å². The maximum absolute atomic E-state index is 10.8. The van der Waals surface area contributed by atoms with Crippen molar-refractivity contribution in [2.45, 2.75) is 6.92 Å². The minimum atomic E-state index is -1.08. The Bertz CT molecular complexity index is 675. The van der Waals surface area contributed by atoms with Crippen LogP contribution >= 0.6 is 0 Å². The molecule has 0 saturated heterocycles. The number of pyridine rings is 1. The van der Waals surface area contributed by atoms with Gasteiger partial charge in [0.15, 0.2) is 0 Å². The lowest BCUT2D eigenvalue weighted by Crippen LogP contribution is -1.98. The Morgan fingerprint density at radius 3 is 2.84 bits per heavy atom. The number of nitriles is 1. The number of aryl methyl sites for hydroxylation is 1. The largest absolute Gasteiger partial charge is 0.478 e. The number of ether oxygens (including phenoxy) is 1. The van der Waals surface area contributed by atoms with Crippen molar-refractivity contribution in [3.05, 3.63) is 53.3 Å². The van der Waals surface area contributed by atoms with Gasteiger partial charge in [-0.05, 0) is 30.7 Å². The second-order valence-corrected chi connectivity index (χ2v) is 3.93. The fourth-order valence-electron chi connectivity index (χ4n) is 1.52. The van der Waals surface area contributed by atoms with Gasteiger partial charge in [-0.25, -0.2) is 4.79 Å². The van der Waals surface area contributed by atoms with Gasteiger partial charge in [0.05, 0.1) is 17.3 Å². The van der Waals surface area contributed by atoms with Gasteiger partial charge in [-0.2, -0.15) is 5.26 Å². The third-order valence-corrected chi connectivity index (χ3v) is 2.45. The first-order valence-electron chi connectivity index (χ1n) is 5.47. The standard InChI is InChI=1S/C14H10N2O3/c1-9-2-3-10(6-15)13(4-9)19-12-5-11(14(17)18)7-16-8-12/h2-5,7-8H,1H3,(H,17,18). The molecule has 0 aliphatic carbocycles. The van der Waals surface area contributed by atoms with Crippen molar-refractivity contribution in [2.24, 2.45) is 0 Å². The number of carboxylic acids is 1. The molecule has 5 nitrogen and oxygen atoms in total. The molecule has 1 aromatic carbocycles. The number of hydrogen-bond acceptors (Lipinski definition) is 4. The summed E-state index contributed by atoms with van der Waals surface area (Å²) in [6.07, 6.45) is 2.63. The number of nitrogens with zero attached hydrogens (tertiary/aromatic N) is 2. The van der Waals surface area contributed by atoms with Gasteiger partial charge >= 0.3 is 5.97 Å². The average Bonchev–Trinajstić information content (AvgIpc) is 2.39. The van der Waals surface area contributed by atoms with E-state index in [1.165, 1.54) is 18.5 Å². The Morgan fingerprint density at radius 1 is 1.37 bits per heavy atom. The fraction of sp³-hybridized carbons (Fsp3) is 0.0714. The Morgan fingerprint density at radius 2 is 2.16 bits per heavy atom. The van der Waals surface area contributed by atoms with Crippen LogP contribution in [0.4, 0.5) is 0 Å². The zero-order chi connectivity index (χ0) is 13.8. The molecule has 0 bridgehead atoms. The van der Waals surface area contributed by atoms with Crippen LogP contribution in [-0.4, -0.2) is 16.1 Å². The van der Waals surface area contributed by atoms with Crippen LogP contribution in [0.2, 0.25) is 0 Å². The first-order valence-corrected chi connectivity index (χ1v) is 5.47. The summed E-state index contributed by atoms with van der Waals surface area (Å²) in [5.41, 5.74) is 1.35. The highest BCUT2D eigenvalue weighted by Gasteiger charge is 2.08. The van der Waals surface area contributed by atoms with Gasteiger partial charge in [-0.1, -0.05) is 6.07 Å². The summed E-state index contributed by atoms with van der Waals surface area (Å²) >= 11 is 0. The maximum Gasteiger partial charge on any atom is 0.337 e. The Hall–Kier alpha value is -2.87. The number of aromatic carboxylic acids is 1. The van der Waals surface area contributed by atoms with Crippen molar-refractivity contribution in [2.75, 3.05) is 0 Å². The monoisotopic (exact) mass is 254 g/mol. The lowest BCUT2D eigenvalue weighted by molar-refractivity contribution is 0.0696. The van der Waals surface area contributed by atoms with Crippen molar-refractivity contribution in [3.8, 4) is 17.6 Å². The summed E-state index contributed by atoms with van der Waals surface area (Å²) in [5.74, 6) is -0.420. The van der Waals surface area contributed by atoms with E-state index in [0.717, 1.165) is 5.56 Å².